The van der Waals surface area contributed by atoms with E-state index in [4.69, 9.17) is 50.0 Å². The van der Waals surface area contributed by atoms with E-state index in [-0.39, 0.29) is 56.4 Å². The van der Waals surface area contributed by atoms with Crippen LogP contribution in [0.3, 0.4) is 0 Å². The number of hydrogen-bond acceptors (Lipinski definition) is 24. The number of benzene rings is 4. The van der Waals surface area contributed by atoms with E-state index in [1.807, 2.05) is 36.4 Å². The number of hydrogen-bond donors (Lipinski definition) is 6. The van der Waals surface area contributed by atoms with Crippen molar-refractivity contribution in [3.63, 3.8) is 0 Å². The predicted octanol–water partition coefficient (Wildman–Crippen LogP) is 8.39. The van der Waals surface area contributed by atoms with Gasteiger partial charge in [-0.2, -0.15) is 9.97 Å². The van der Waals surface area contributed by atoms with E-state index >= 15 is 4.39 Å². The first kappa shape index (κ1) is 68.1. The number of piperidine rings is 2. The van der Waals surface area contributed by atoms with Crippen molar-refractivity contribution in [3.8, 4) is 11.5 Å². The summed E-state index contributed by atoms with van der Waals surface area (Å²) in [5.74, 6) is 1.87. The Morgan fingerprint density at radius 3 is 1.45 bits per heavy atom. The molecule has 496 valence electrons. The van der Waals surface area contributed by atoms with Crippen molar-refractivity contribution in [2.24, 2.45) is 0 Å². The average molecular weight is 1380 g/mol. The number of nitrogens with one attached hydrogen (secondary N) is 5. The van der Waals surface area contributed by atoms with Crippen molar-refractivity contribution in [1.29, 1.82) is 0 Å². The van der Waals surface area contributed by atoms with Crippen LogP contribution < -0.4 is 50.4 Å². The summed E-state index contributed by atoms with van der Waals surface area (Å²) < 4.78 is 93.9. The number of anilines is 11. The topological polar surface area (TPSA) is 295 Å². The molecule has 0 spiro atoms. The number of halogens is 5. The van der Waals surface area contributed by atoms with Gasteiger partial charge in [-0.3, -0.25) is 39.2 Å². The molecule has 0 bridgehead atoms. The van der Waals surface area contributed by atoms with Crippen molar-refractivity contribution in [3.05, 3.63) is 113 Å². The summed E-state index contributed by atoms with van der Waals surface area (Å²) in [6.07, 6.45) is 10.7. The molecule has 33 heteroatoms. The van der Waals surface area contributed by atoms with E-state index in [2.05, 4.69) is 109 Å². The minimum Gasteiger partial charge on any atom is -0.495 e. The van der Waals surface area contributed by atoms with Crippen molar-refractivity contribution < 1.29 is 35.1 Å². The number of piperazine rings is 2. The van der Waals surface area contributed by atoms with Crippen LogP contribution in [0.25, 0.3) is 22.1 Å². The van der Waals surface area contributed by atoms with Crippen molar-refractivity contribution in [1.82, 2.24) is 59.5 Å². The third-order valence-corrected chi connectivity index (χ3v) is 18.1. The maximum atomic E-state index is 15.4. The SMILES string of the molecule is COc1cc(N2CCC(N3CCN(C)CC3)C(F)C2)ccc1N.COc1cc(N2CCC(N3CCN(C)CC3)[C@H](F)C2)ccc1Nc1ncc(Cl)c(Nc2ccc3nccnc3c2NS(C)(=O)=O)n1.CS(=O)(=O)Nc1c(Nc2nc(Cl)ncc2Cl)ccc2nccnc12. The molecule has 4 aromatic heterocycles. The molecule has 4 aliphatic rings. The van der Waals surface area contributed by atoms with Gasteiger partial charge in [0.15, 0.2) is 11.6 Å². The van der Waals surface area contributed by atoms with Crippen LogP contribution in [0.15, 0.2) is 97.8 Å². The maximum absolute atomic E-state index is 15.4. The summed E-state index contributed by atoms with van der Waals surface area (Å²) in [5, 5.41) is 9.63. The molecule has 4 aromatic carbocycles. The molecule has 12 rings (SSSR count). The lowest BCUT2D eigenvalue weighted by Crippen LogP contribution is -2.57. The molecule has 8 heterocycles. The van der Waals surface area contributed by atoms with E-state index in [0.717, 1.165) is 102 Å². The maximum Gasteiger partial charge on any atom is 0.229 e. The van der Waals surface area contributed by atoms with Gasteiger partial charge in [0.05, 0.1) is 97.4 Å². The highest BCUT2D eigenvalue weighted by atomic mass is 35.5. The van der Waals surface area contributed by atoms with Crippen LogP contribution in [0.1, 0.15) is 12.8 Å². The molecule has 7 N–H and O–H groups in total. The first-order valence-electron chi connectivity index (χ1n) is 29.7. The van der Waals surface area contributed by atoms with Gasteiger partial charge in [-0.25, -0.2) is 35.6 Å². The highest BCUT2D eigenvalue weighted by molar-refractivity contribution is 7.92. The molecule has 93 heavy (non-hydrogen) atoms. The lowest BCUT2D eigenvalue weighted by molar-refractivity contribution is 0.0532. The molecule has 4 fully saturated rings. The van der Waals surface area contributed by atoms with E-state index in [1.165, 1.54) is 37.2 Å². The van der Waals surface area contributed by atoms with E-state index in [9.17, 15) is 21.2 Å². The van der Waals surface area contributed by atoms with Crippen LogP contribution in [-0.4, -0.2) is 220 Å². The van der Waals surface area contributed by atoms with Gasteiger partial charge in [0.2, 0.25) is 31.3 Å². The molecule has 4 saturated heterocycles. The van der Waals surface area contributed by atoms with Gasteiger partial charge in [0.25, 0.3) is 0 Å². The number of alkyl halides is 2. The second kappa shape index (κ2) is 30.1. The second-order valence-corrected chi connectivity index (χ2v) is 27.4. The zero-order chi connectivity index (χ0) is 66.1. The molecular weight excluding hydrogens is 1310 g/mol. The number of sulfonamides is 2. The molecule has 0 saturated carbocycles. The van der Waals surface area contributed by atoms with Gasteiger partial charge in [-0.05, 0) is 87.1 Å². The fraction of sp³-hybridized carbons (Fsp3) is 0.400. The Morgan fingerprint density at radius 2 is 0.978 bits per heavy atom. The van der Waals surface area contributed by atoms with Gasteiger partial charge in [-0.15, -0.1) is 0 Å². The highest BCUT2D eigenvalue weighted by Gasteiger charge is 2.37. The third-order valence-electron chi connectivity index (χ3n) is 16.2. The highest BCUT2D eigenvalue weighted by Crippen LogP contribution is 2.39. The van der Waals surface area contributed by atoms with Crippen molar-refractivity contribution in [2.75, 3.05) is 160 Å². The Bertz CT molecular complexity index is 4170. The first-order valence-corrected chi connectivity index (χ1v) is 34.6. The molecule has 4 atom stereocenters. The lowest BCUT2D eigenvalue weighted by atomic mass is 9.99. The molecule has 0 amide bonds. The quantitative estimate of drug-likeness (QED) is 0.0391. The third kappa shape index (κ3) is 17.5. The number of fused-ring (bicyclic) bond motifs is 2. The van der Waals surface area contributed by atoms with Crippen molar-refractivity contribution >= 4 is 140 Å². The van der Waals surface area contributed by atoms with Crippen LogP contribution in [-0.2, 0) is 20.0 Å². The Balaban J connectivity index is 0.000000169. The van der Waals surface area contributed by atoms with Gasteiger partial charge < -0.3 is 50.8 Å². The van der Waals surface area contributed by atoms with Crippen LogP contribution >= 0.6 is 34.8 Å². The standard InChI is InChI=1S/C30H36ClFN10O3S.C17H27FN4O.C13H10Cl2N6O2S/c1-40-12-14-41(15-13-40)25-8-11-42(18-21(25)32)19-4-5-22(26(16-19)45-2)37-30-35-17-20(31)29(38-30)36-24-7-6-23-27(34-10-9-33-23)28(24)39-46(3,43)44;1-20-7-9-21(10-8-20)16-5-6-22(12-14(16)18)13-3-4-15(19)17(11-13)23-2;1-24(22,23)21-11-9(3-2-8-10(11)17-5-4-16-8)19-12-7(14)6-18-13(15)20-12/h4-7,9-10,16-17,21,25,39H,8,11-15,18H2,1-3H3,(H2,35,36,37,38);3-4,11,14,16H,5-10,12,19H2,1-2H3;2-6,21H,1H3,(H,18,19,20)/t21-,25?;;/m1../s1. The fourth-order valence-corrected chi connectivity index (χ4v) is 13.0. The Hall–Kier alpha value is -7.81. The number of ether oxygens (including phenoxy) is 2. The summed E-state index contributed by atoms with van der Waals surface area (Å²) >= 11 is 18.3. The van der Waals surface area contributed by atoms with Gasteiger partial charge in [-0.1, -0.05) is 23.2 Å². The fourth-order valence-electron chi connectivity index (χ4n) is 11.4. The lowest BCUT2D eigenvalue weighted by Gasteiger charge is -2.44. The number of likely N-dealkylation sites (N-methyl/N-ethyl adjacent to an activating group) is 2. The zero-order valence-electron chi connectivity index (χ0n) is 51.9. The Labute approximate surface area is 553 Å². The van der Waals surface area contributed by atoms with Crippen LogP contribution in [0.5, 0.6) is 11.5 Å². The zero-order valence-corrected chi connectivity index (χ0v) is 55.8. The van der Waals surface area contributed by atoms with E-state index in [1.54, 1.807) is 38.5 Å². The molecule has 0 radical (unpaired) electrons. The largest absolute Gasteiger partial charge is 0.495 e. The molecule has 4 aliphatic heterocycles. The Kier molecular flexibility index (Phi) is 22.0. The van der Waals surface area contributed by atoms with E-state index < -0.39 is 32.4 Å². The van der Waals surface area contributed by atoms with Gasteiger partial charge in [0.1, 0.15) is 44.9 Å². The second-order valence-electron chi connectivity index (χ2n) is 22.8. The van der Waals surface area contributed by atoms with E-state index in [0.29, 0.717) is 69.4 Å². The molecule has 8 aromatic rings. The van der Waals surface area contributed by atoms with Crippen LogP contribution in [0.4, 0.5) is 71.9 Å². The molecular formula is C60H73Cl3F2N20O6S2. The van der Waals surface area contributed by atoms with Gasteiger partial charge >= 0.3 is 0 Å². The number of nitrogens with zero attached hydrogens (tertiary/aromatic N) is 14. The minimum absolute atomic E-state index is 0.0000954. The summed E-state index contributed by atoms with van der Waals surface area (Å²) in [7, 11) is 0.197. The van der Waals surface area contributed by atoms with Crippen molar-refractivity contribution in [2.45, 2.75) is 37.3 Å². The Morgan fingerprint density at radius 1 is 0.538 bits per heavy atom. The predicted molar refractivity (Wildman–Crippen MR) is 365 cm³/mol. The summed E-state index contributed by atoms with van der Waals surface area (Å²) in [5.41, 5.74) is 11.9. The smallest absolute Gasteiger partial charge is 0.229 e. The molecule has 26 nitrogen and oxygen atoms in total. The molecule has 3 unspecified atom stereocenters. The average Bonchev–Trinajstić information content (AvgIpc) is 1.12. The monoisotopic (exact) mass is 1380 g/mol. The van der Waals surface area contributed by atoms with Crippen LogP contribution in [0, 0.1) is 0 Å². The number of nitrogen functional groups attached to an aromatic ring is 1. The van der Waals surface area contributed by atoms with Crippen LogP contribution in [0.2, 0.25) is 15.3 Å². The minimum atomic E-state index is -3.65. The molecule has 0 aliphatic carbocycles. The summed E-state index contributed by atoms with van der Waals surface area (Å²) in [4.78, 5) is 46.8. The number of rotatable bonds is 16. The first-order chi connectivity index (χ1) is 44.5. The summed E-state index contributed by atoms with van der Waals surface area (Å²) in [6, 6.07) is 18.0. The summed E-state index contributed by atoms with van der Waals surface area (Å²) in [6.45, 7) is 10.1. The van der Waals surface area contributed by atoms with Gasteiger partial charge in [0, 0.05) is 126 Å². The number of aromatic nitrogens is 8. The number of nitrogens with two attached hydrogens (primary N) is 1. The number of methoxy groups -OCH3 is 2. The normalized spacial score (nSPS) is 19.4.